The molecule has 5 nitrogen and oxygen atoms in total. The van der Waals surface area contributed by atoms with Crippen molar-refractivity contribution in [1.29, 1.82) is 0 Å². The summed E-state index contributed by atoms with van der Waals surface area (Å²) >= 11 is 5.80. The number of aromatic nitrogens is 2. The first-order valence-corrected chi connectivity index (χ1v) is 9.61. The molecule has 1 aromatic heterocycles. The van der Waals surface area contributed by atoms with Crippen LogP contribution in [0.5, 0.6) is 5.75 Å². The Balaban J connectivity index is 1.52. The molecule has 9 heteroatoms. The molecule has 1 amide bonds. The summed E-state index contributed by atoms with van der Waals surface area (Å²) in [6, 6.07) is 13.3. The molecule has 0 saturated heterocycles. The van der Waals surface area contributed by atoms with Crippen LogP contribution in [0.2, 0.25) is 5.02 Å². The maximum Gasteiger partial charge on any atom is 0.434 e. The molecule has 0 aliphatic carbocycles. The van der Waals surface area contributed by atoms with Crippen LogP contribution < -0.4 is 10.1 Å². The monoisotopic (exact) mass is 435 g/mol. The third-order valence-corrected chi connectivity index (χ3v) is 5.11. The molecule has 0 radical (unpaired) electrons. The van der Waals surface area contributed by atoms with Crippen molar-refractivity contribution in [2.75, 3.05) is 13.2 Å². The fourth-order valence-corrected chi connectivity index (χ4v) is 3.55. The lowest BCUT2D eigenvalue weighted by Crippen LogP contribution is -2.35. The van der Waals surface area contributed by atoms with E-state index in [1.807, 2.05) is 24.3 Å². The summed E-state index contributed by atoms with van der Waals surface area (Å²) in [6.45, 7) is 0.573. The highest BCUT2D eigenvalue weighted by Crippen LogP contribution is 2.34. The molecule has 1 aliphatic rings. The Labute approximate surface area is 175 Å². The van der Waals surface area contributed by atoms with Gasteiger partial charge in [-0.15, -0.1) is 0 Å². The minimum Gasteiger partial charge on any atom is -0.493 e. The van der Waals surface area contributed by atoms with E-state index in [9.17, 15) is 18.0 Å². The Morgan fingerprint density at radius 3 is 2.67 bits per heavy atom. The van der Waals surface area contributed by atoms with E-state index in [0.717, 1.165) is 17.5 Å². The van der Waals surface area contributed by atoms with Gasteiger partial charge in [-0.25, -0.2) is 4.68 Å². The van der Waals surface area contributed by atoms with Gasteiger partial charge in [-0.1, -0.05) is 29.8 Å². The first-order valence-electron chi connectivity index (χ1n) is 9.23. The van der Waals surface area contributed by atoms with Crippen LogP contribution in [0.1, 0.15) is 21.6 Å². The highest BCUT2D eigenvalue weighted by atomic mass is 35.5. The van der Waals surface area contributed by atoms with Crippen LogP contribution >= 0.6 is 11.6 Å². The van der Waals surface area contributed by atoms with Gasteiger partial charge in [0.05, 0.1) is 24.1 Å². The maximum absolute atomic E-state index is 13.7. The van der Waals surface area contributed by atoms with Crippen LogP contribution in [-0.2, 0) is 12.6 Å². The molecule has 156 valence electrons. The number of benzene rings is 2. The Morgan fingerprint density at radius 2 is 1.93 bits per heavy atom. The SMILES string of the molecule is O=C(NCC1COc2ccccc2C1)c1cnn(-c2ccc(Cl)cc2)c1C(F)(F)F. The number of ether oxygens (including phenoxy) is 1. The van der Waals surface area contributed by atoms with Gasteiger partial charge in [0.1, 0.15) is 5.75 Å². The lowest BCUT2D eigenvalue weighted by atomic mass is 9.96. The van der Waals surface area contributed by atoms with Gasteiger partial charge in [-0.2, -0.15) is 18.3 Å². The second-order valence-electron chi connectivity index (χ2n) is 6.99. The van der Waals surface area contributed by atoms with E-state index in [0.29, 0.717) is 22.7 Å². The quantitative estimate of drug-likeness (QED) is 0.655. The molecular weight excluding hydrogens is 419 g/mol. The van der Waals surface area contributed by atoms with Crippen LogP contribution in [0.3, 0.4) is 0 Å². The van der Waals surface area contributed by atoms with E-state index in [4.69, 9.17) is 16.3 Å². The average Bonchev–Trinajstić information content (AvgIpc) is 3.18. The highest BCUT2D eigenvalue weighted by molar-refractivity contribution is 6.30. The van der Waals surface area contributed by atoms with Gasteiger partial charge in [0, 0.05) is 17.5 Å². The summed E-state index contributed by atoms with van der Waals surface area (Å²) in [7, 11) is 0. The normalized spacial score (nSPS) is 15.9. The fraction of sp³-hybridized carbons (Fsp3) is 0.238. The second kappa shape index (κ2) is 8.02. The van der Waals surface area contributed by atoms with Crippen molar-refractivity contribution in [1.82, 2.24) is 15.1 Å². The number of alkyl halides is 3. The molecular formula is C21H17ClF3N3O2. The topological polar surface area (TPSA) is 56.1 Å². The van der Waals surface area contributed by atoms with E-state index < -0.39 is 23.3 Å². The predicted octanol–water partition coefficient (Wildman–Crippen LogP) is 4.53. The van der Waals surface area contributed by atoms with Crippen LogP contribution in [0, 0.1) is 5.92 Å². The van der Waals surface area contributed by atoms with Crippen molar-refractivity contribution < 1.29 is 22.7 Å². The molecule has 2 heterocycles. The zero-order valence-corrected chi connectivity index (χ0v) is 16.4. The first kappa shape index (κ1) is 20.3. The number of fused-ring (bicyclic) bond motifs is 1. The summed E-state index contributed by atoms with van der Waals surface area (Å²) in [5.41, 5.74) is -0.500. The standard InChI is InChI=1S/C21H17ClF3N3O2/c22-15-5-7-16(8-6-15)28-19(21(23,24)25)17(11-27-28)20(29)26-10-13-9-14-3-1-2-4-18(14)30-12-13/h1-8,11,13H,9-10,12H2,(H,26,29). The molecule has 0 bridgehead atoms. The van der Waals surface area contributed by atoms with Gasteiger partial charge in [0.2, 0.25) is 0 Å². The number of hydrogen-bond donors (Lipinski definition) is 1. The minimum absolute atomic E-state index is 0.0375. The molecule has 4 rings (SSSR count). The lowest BCUT2D eigenvalue weighted by Gasteiger charge is -2.25. The summed E-state index contributed by atoms with van der Waals surface area (Å²) < 4.78 is 47.6. The van der Waals surface area contributed by atoms with Crippen molar-refractivity contribution in [3.05, 3.63) is 76.6 Å². The fourth-order valence-electron chi connectivity index (χ4n) is 3.42. The largest absolute Gasteiger partial charge is 0.493 e. The molecule has 2 aromatic carbocycles. The predicted molar refractivity (Wildman–Crippen MR) is 105 cm³/mol. The third kappa shape index (κ3) is 4.14. The number of carbonyl (C=O) groups excluding carboxylic acids is 1. The molecule has 0 saturated carbocycles. The number of hydrogen-bond acceptors (Lipinski definition) is 3. The smallest absolute Gasteiger partial charge is 0.434 e. The van der Waals surface area contributed by atoms with E-state index in [1.54, 1.807) is 0 Å². The highest BCUT2D eigenvalue weighted by Gasteiger charge is 2.40. The van der Waals surface area contributed by atoms with Crippen LogP contribution in [0.25, 0.3) is 5.69 Å². The van der Waals surface area contributed by atoms with E-state index >= 15 is 0 Å². The van der Waals surface area contributed by atoms with E-state index in [1.165, 1.54) is 24.3 Å². The zero-order valence-electron chi connectivity index (χ0n) is 15.6. The van der Waals surface area contributed by atoms with Gasteiger partial charge >= 0.3 is 6.18 Å². The summed E-state index contributed by atoms with van der Waals surface area (Å²) in [4.78, 5) is 12.6. The van der Waals surface area contributed by atoms with Gasteiger partial charge in [0.15, 0.2) is 5.69 Å². The molecule has 0 spiro atoms. The number of halogens is 4. The molecule has 30 heavy (non-hydrogen) atoms. The maximum atomic E-state index is 13.7. The van der Waals surface area contributed by atoms with E-state index in [-0.39, 0.29) is 18.2 Å². The van der Waals surface area contributed by atoms with E-state index in [2.05, 4.69) is 10.4 Å². The van der Waals surface area contributed by atoms with Gasteiger partial charge in [-0.3, -0.25) is 4.79 Å². The third-order valence-electron chi connectivity index (χ3n) is 4.86. The number of nitrogens with zero attached hydrogens (tertiary/aromatic N) is 2. The van der Waals surface area contributed by atoms with Crippen LogP contribution in [0.15, 0.2) is 54.7 Å². The zero-order chi connectivity index (χ0) is 21.3. The van der Waals surface area contributed by atoms with Gasteiger partial charge in [0.25, 0.3) is 5.91 Å². The van der Waals surface area contributed by atoms with Gasteiger partial charge in [-0.05, 0) is 42.3 Å². The van der Waals surface area contributed by atoms with Crippen LogP contribution in [0.4, 0.5) is 13.2 Å². The van der Waals surface area contributed by atoms with Crippen molar-refractivity contribution in [3.8, 4) is 11.4 Å². The van der Waals surface area contributed by atoms with Crippen molar-refractivity contribution in [3.63, 3.8) is 0 Å². The number of rotatable bonds is 4. The Bertz CT molecular complexity index is 1060. The second-order valence-corrected chi connectivity index (χ2v) is 7.43. The summed E-state index contributed by atoms with van der Waals surface area (Å²) in [5, 5.41) is 6.77. The van der Waals surface area contributed by atoms with Crippen molar-refractivity contribution in [2.24, 2.45) is 5.92 Å². The Hall–Kier alpha value is -3.00. The Morgan fingerprint density at radius 1 is 1.20 bits per heavy atom. The van der Waals surface area contributed by atoms with Crippen LogP contribution in [-0.4, -0.2) is 28.8 Å². The average molecular weight is 436 g/mol. The molecule has 0 fully saturated rings. The molecule has 1 aliphatic heterocycles. The molecule has 3 aromatic rings. The summed E-state index contributed by atoms with van der Waals surface area (Å²) in [5.74, 6) is -0.0745. The van der Waals surface area contributed by atoms with Gasteiger partial charge < -0.3 is 10.1 Å². The first-order chi connectivity index (χ1) is 14.3. The molecule has 1 N–H and O–H groups in total. The number of carbonyl (C=O) groups is 1. The Kier molecular flexibility index (Phi) is 5.42. The minimum atomic E-state index is -4.77. The lowest BCUT2D eigenvalue weighted by molar-refractivity contribution is -0.143. The number of nitrogens with one attached hydrogen (secondary N) is 1. The van der Waals surface area contributed by atoms with Crippen molar-refractivity contribution >= 4 is 17.5 Å². The summed E-state index contributed by atoms with van der Waals surface area (Å²) in [6.07, 6.45) is -3.16. The molecule has 1 atom stereocenters. The number of amides is 1. The van der Waals surface area contributed by atoms with Crippen molar-refractivity contribution in [2.45, 2.75) is 12.6 Å². The molecule has 1 unspecified atom stereocenters. The number of para-hydroxylation sites is 1.